The molecule has 2 heterocycles. The second-order valence-electron chi connectivity index (χ2n) is 5.50. The number of allylic oxidation sites excluding steroid dienone is 1. The van der Waals surface area contributed by atoms with E-state index in [1.165, 1.54) is 11.1 Å². The third-order valence-corrected chi connectivity index (χ3v) is 3.62. The van der Waals surface area contributed by atoms with E-state index in [9.17, 15) is 0 Å². The average Bonchev–Trinajstić information content (AvgIpc) is 2.80. The first-order chi connectivity index (χ1) is 10.1. The largest absolute Gasteiger partial charge is 0.310 e. The highest BCUT2D eigenvalue weighted by molar-refractivity contribution is 5.19. The molecule has 21 heavy (non-hydrogen) atoms. The van der Waals surface area contributed by atoms with Gasteiger partial charge in [-0.1, -0.05) is 12.1 Å². The van der Waals surface area contributed by atoms with Crippen LogP contribution in [-0.4, -0.2) is 20.8 Å². The number of nitrogens with zero attached hydrogens (tertiary/aromatic N) is 3. The quantitative estimate of drug-likeness (QED) is 0.795. The zero-order valence-corrected chi connectivity index (χ0v) is 13.1. The number of nitrogens with one attached hydrogen (secondary N) is 1. The molecule has 0 saturated heterocycles. The SMILES string of the molecule is C=CCn1cc(CN[C@@H](C)Cc2ncccc2C)c(C)n1. The van der Waals surface area contributed by atoms with Crippen molar-refractivity contribution >= 4 is 0 Å². The Morgan fingerprint density at radius 2 is 2.24 bits per heavy atom. The summed E-state index contributed by atoms with van der Waals surface area (Å²) >= 11 is 0. The van der Waals surface area contributed by atoms with E-state index >= 15 is 0 Å². The van der Waals surface area contributed by atoms with Gasteiger partial charge in [0.15, 0.2) is 0 Å². The van der Waals surface area contributed by atoms with Crippen molar-refractivity contribution in [3.8, 4) is 0 Å². The van der Waals surface area contributed by atoms with Gasteiger partial charge in [-0.3, -0.25) is 9.67 Å². The predicted octanol–water partition coefficient (Wildman–Crippen LogP) is 2.80. The zero-order valence-electron chi connectivity index (χ0n) is 13.1. The molecule has 0 amide bonds. The van der Waals surface area contributed by atoms with E-state index in [-0.39, 0.29) is 0 Å². The Hall–Kier alpha value is -1.94. The van der Waals surface area contributed by atoms with E-state index in [1.54, 1.807) is 0 Å². The minimum atomic E-state index is 0.376. The summed E-state index contributed by atoms with van der Waals surface area (Å²) in [7, 11) is 0. The molecule has 0 radical (unpaired) electrons. The lowest BCUT2D eigenvalue weighted by Crippen LogP contribution is -2.28. The monoisotopic (exact) mass is 284 g/mol. The van der Waals surface area contributed by atoms with Crippen LogP contribution < -0.4 is 5.32 Å². The van der Waals surface area contributed by atoms with Crippen LogP contribution in [-0.2, 0) is 19.5 Å². The van der Waals surface area contributed by atoms with Crippen LogP contribution in [0.25, 0.3) is 0 Å². The Bertz CT molecular complexity index is 601. The molecule has 1 atom stereocenters. The molecule has 0 aliphatic rings. The van der Waals surface area contributed by atoms with Crippen molar-refractivity contribution in [3.05, 3.63) is 59.7 Å². The lowest BCUT2D eigenvalue weighted by molar-refractivity contribution is 0.538. The van der Waals surface area contributed by atoms with Crippen LogP contribution in [0.3, 0.4) is 0 Å². The van der Waals surface area contributed by atoms with E-state index in [1.807, 2.05) is 29.9 Å². The summed E-state index contributed by atoms with van der Waals surface area (Å²) in [6, 6.07) is 4.47. The second-order valence-corrected chi connectivity index (χ2v) is 5.50. The van der Waals surface area contributed by atoms with Gasteiger partial charge < -0.3 is 5.32 Å². The molecule has 0 fully saturated rings. The molecule has 112 valence electrons. The van der Waals surface area contributed by atoms with Gasteiger partial charge in [0.25, 0.3) is 0 Å². The maximum absolute atomic E-state index is 4.47. The molecule has 4 heteroatoms. The highest BCUT2D eigenvalue weighted by Crippen LogP contribution is 2.09. The fraction of sp³-hybridized carbons (Fsp3) is 0.412. The number of aryl methyl sites for hydroxylation is 2. The van der Waals surface area contributed by atoms with Crippen LogP contribution >= 0.6 is 0 Å². The Kier molecular flexibility index (Phi) is 5.28. The first-order valence-electron chi connectivity index (χ1n) is 7.38. The number of pyridine rings is 1. The van der Waals surface area contributed by atoms with Crippen LogP contribution in [0, 0.1) is 13.8 Å². The number of hydrogen-bond donors (Lipinski definition) is 1. The minimum absolute atomic E-state index is 0.376. The molecule has 0 spiro atoms. The molecule has 0 bridgehead atoms. The molecule has 0 aromatic carbocycles. The molecular weight excluding hydrogens is 260 g/mol. The summed E-state index contributed by atoms with van der Waals surface area (Å²) in [5, 5.41) is 8.02. The van der Waals surface area contributed by atoms with Crippen molar-refractivity contribution in [1.29, 1.82) is 0 Å². The molecule has 0 aliphatic heterocycles. The first kappa shape index (κ1) is 15.4. The van der Waals surface area contributed by atoms with Gasteiger partial charge >= 0.3 is 0 Å². The summed E-state index contributed by atoms with van der Waals surface area (Å²) in [6.45, 7) is 11.7. The maximum Gasteiger partial charge on any atom is 0.0638 e. The number of rotatable bonds is 7. The summed E-state index contributed by atoms with van der Waals surface area (Å²) < 4.78 is 1.92. The molecule has 2 aromatic rings. The standard InChI is InChI=1S/C17H24N4/c1-5-9-21-12-16(15(4)20-21)11-19-14(3)10-17-13(2)7-6-8-18-17/h5-8,12,14,19H,1,9-11H2,2-4H3/t14-/m0/s1. The number of aromatic nitrogens is 3. The van der Waals surface area contributed by atoms with Gasteiger partial charge in [-0.15, -0.1) is 6.58 Å². The minimum Gasteiger partial charge on any atom is -0.310 e. The van der Waals surface area contributed by atoms with Crippen LogP contribution in [0.15, 0.2) is 37.2 Å². The van der Waals surface area contributed by atoms with Crippen molar-refractivity contribution in [2.24, 2.45) is 0 Å². The van der Waals surface area contributed by atoms with E-state index in [0.29, 0.717) is 6.04 Å². The predicted molar refractivity (Wildman–Crippen MR) is 86.1 cm³/mol. The lowest BCUT2D eigenvalue weighted by atomic mass is 10.1. The molecule has 4 nitrogen and oxygen atoms in total. The molecule has 1 N–H and O–H groups in total. The fourth-order valence-corrected chi connectivity index (χ4v) is 2.34. The molecule has 2 rings (SSSR count). The Balaban J connectivity index is 1.90. The van der Waals surface area contributed by atoms with Gasteiger partial charge in [-0.05, 0) is 32.4 Å². The van der Waals surface area contributed by atoms with Crippen molar-refractivity contribution in [2.75, 3.05) is 0 Å². The van der Waals surface area contributed by atoms with E-state index < -0.39 is 0 Å². The van der Waals surface area contributed by atoms with Crippen molar-refractivity contribution in [2.45, 2.75) is 46.3 Å². The van der Waals surface area contributed by atoms with Gasteiger partial charge in [-0.25, -0.2) is 0 Å². The smallest absolute Gasteiger partial charge is 0.0638 e. The van der Waals surface area contributed by atoms with E-state index in [0.717, 1.165) is 30.9 Å². The van der Waals surface area contributed by atoms with Gasteiger partial charge in [0.2, 0.25) is 0 Å². The molecule has 0 unspecified atom stereocenters. The highest BCUT2D eigenvalue weighted by Gasteiger charge is 2.09. The van der Waals surface area contributed by atoms with Crippen LogP contribution in [0.2, 0.25) is 0 Å². The summed E-state index contributed by atoms with van der Waals surface area (Å²) in [5.41, 5.74) is 4.73. The highest BCUT2D eigenvalue weighted by atomic mass is 15.3. The topological polar surface area (TPSA) is 42.7 Å². The third kappa shape index (κ3) is 4.26. The summed E-state index contributed by atoms with van der Waals surface area (Å²) in [5.74, 6) is 0. The Morgan fingerprint density at radius 3 is 2.95 bits per heavy atom. The molecule has 0 aliphatic carbocycles. The van der Waals surface area contributed by atoms with Gasteiger partial charge in [-0.2, -0.15) is 5.10 Å². The van der Waals surface area contributed by atoms with Crippen molar-refractivity contribution < 1.29 is 0 Å². The average molecular weight is 284 g/mol. The van der Waals surface area contributed by atoms with E-state index in [2.05, 4.69) is 48.1 Å². The van der Waals surface area contributed by atoms with Gasteiger partial charge in [0.05, 0.1) is 12.2 Å². The Morgan fingerprint density at radius 1 is 1.43 bits per heavy atom. The first-order valence-corrected chi connectivity index (χ1v) is 7.38. The molecule has 2 aromatic heterocycles. The van der Waals surface area contributed by atoms with Crippen molar-refractivity contribution in [1.82, 2.24) is 20.1 Å². The fourth-order valence-electron chi connectivity index (χ4n) is 2.34. The van der Waals surface area contributed by atoms with Crippen LogP contribution in [0.4, 0.5) is 0 Å². The molecule has 0 saturated carbocycles. The molecular formula is C17H24N4. The van der Waals surface area contributed by atoms with Crippen molar-refractivity contribution in [3.63, 3.8) is 0 Å². The van der Waals surface area contributed by atoms with Crippen LogP contribution in [0.1, 0.15) is 29.4 Å². The van der Waals surface area contributed by atoms with Gasteiger partial charge in [0, 0.05) is 42.7 Å². The van der Waals surface area contributed by atoms with Crippen LogP contribution in [0.5, 0.6) is 0 Å². The maximum atomic E-state index is 4.47. The second kappa shape index (κ2) is 7.18. The van der Waals surface area contributed by atoms with E-state index in [4.69, 9.17) is 0 Å². The Labute approximate surface area is 126 Å². The van der Waals surface area contributed by atoms with Gasteiger partial charge in [0.1, 0.15) is 0 Å². The zero-order chi connectivity index (χ0) is 15.2. The number of hydrogen-bond acceptors (Lipinski definition) is 3. The normalized spacial score (nSPS) is 12.3. The summed E-state index contributed by atoms with van der Waals surface area (Å²) in [4.78, 5) is 4.45. The lowest BCUT2D eigenvalue weighted by Gasteiger charge is -2.14. The summed E-state index contributed by atoms with van der Waals surface area (Å²) in [6.07, 6.45) is 6.74. The third-order valence-electron chi connectivity index (χ3n) is 3.62.